The summed E-state index contributed by atoms with van der Waals surface area (Å²) in [7, 11) is 0. The van der Waals surface area contributed by atoms with Crippen LogP contribution in [-0.2, 0) is 0 Å². The zero-order chi connectivity index (χ0) is 17.7. The highest BCUT2D eigenvalue weighted by atomic mass is 16.2. The molecule has 1 aromatic rings. The Labute approximate surface area is 145 Å². The molecule has 1 saturated heterocycles. The van der Waals surface area contributed by atoms with E-state index in [0.717, 1.165) is 25.9 Å². The Morgan fingerprint density at radius 3 is 2.46 bits per heavy atom. The molecule has 1 heterocycles. The first-order chi connectivity index (χ1) is 11.4. The van der Waals surface area contributed by atoms with E-state index in [0.29, 0.717) is 23.7 Å². The second kappa shape index (κ2) is 8.18. The molecule has 1 fully saturated rings. The Bertz CT molecular complexity index is 580. The number of likely N-dealkylation sites (tertiary alicyclic amines) is 1. The number of nitrogens with zero attached hydrogens (tertiary/aromatic N) is 2. The molecule has 1 atom stereocenters. The van der Waals surface area contributed by atoms with Crippen molar-refractivity contribution in [2.24, 2.45) is 5.92 Å². The molecule has 24 heavy (non-hydrogen) atoms. The van der Waals surface area contributed by atoms with Gasteiger partial charge in [-0.25, -0.2) is 4.79 Å². The van der Waals surface area contributed by atoms with E-state index in [1.165, 1.54) is 0 Å². The van der Waals surface area contributed by atoms with E-state index < -0.39 is 0 Å². The van der Waals surface area contributed by atoms with Crippen LogP contribution in [0.2, 0.25) is 0 Å². The molecular weight excluding hydrogens is 302 g/mol. The number of nitrogens with one attached hydrogen (secondary N) is 1. The highest BCUT2D eigenvalue weighted by Gasteiger charge is 2.22. The number of urea groups is 1. The number of benzene rings is 1. The van der Waals surface area contributed by atoms with Gasteiger partial charge in [-0.2, -0.15) is 0 Å². The van der Waals surface area contributed by atoms with Crippen LogP contribution in [0.25, 0.3) is 0 Å². The van der Waals surface area contributed by atoms with Gasteiger partial charge in [0.25, 0.3) is 5.91 Å². The SMILES string of the molecule is CCN(C(=O)Nc1cccc(C(=O)N2CCCC2)c1)[C@H](C)C(C)C. The average Bonchev–Trinajstić information content (AvgIpc) is 3.09. The first-order valence-electron chi connectivity index (χ1n) is 8.91. The van der Waals surface area contributed by atoms with E-state index in [1.807, 2.05) is 34.9 Å². The number of hydrogen-bond acceptors (Lipinski definition) is 2. The van der Waals surface area contributed by atoms with Gasteiger partial charge in [-0.3, -0.25) is 4.79 Å². The molecule has 1 N–H and O–H groups in total. The second-order valence-corrected chi connectivity index (χ2v) is 6.78. The lowest BCUT2D eigenvalue weighted by atomic mass is 10.1. The lowest BCUT2D eigenvalue weighted by Gasteiger charge is -2.31. The third kappa shape index (κ3) is 4.28. The van der Waals surface area contributed by atoms with Crippen molar-refractivity contribution in [3.8, 4) is 0 Å². The van der Waals surface area contributed by atoms with Crippen molar-refractivity contribution < 1.29 is 9.59 Å². The molecule has 0 spiro atoms. The summed E-state index contributed by atoms with van der Waals surface area (Å²) in [6.07, 6.45) is 2.14. The summed E-state index contributed by atoms with van der Waals surface area (Å²) in [5.41, 5.74) is 1.30. The molecule has 0 saturated carbocycles. The number of carbonyl (C=O) groups is 2. The predicted octanol–water partition coefficient (Wildman–Crippen LogP) is 3.82. The first kappa shape index (κ1) is 18.3. The van der Waals surface area contributed by atoms with E-state index >= 15 is 0 Å². The largest absolute Gasteiger partial charge is 0.339 e. The Hall–Kier alpha value is -2.04. The van der Waals surface area contributed by atoms with Crippen molar-refractivity contribution in [2.75, 3.05) is 25.0 Å². The molecule has 0 aliphatic carbocycles. The van der Waals surface area contributed by atoms with Gasteiger partial charge in [0.2, 0.25) is 0 Å². The maximum atomic E-state index is 12.5. The molecule has 0 radical (unpaired) electrons. The summed E-state index contributed by atoms with van der Waals surface area (Å²) in [4.78, 5) is 28.7. The molecule has 0 unspecified atom stereocenters. The van der Waals surface area contributed by atoms with Crippen LogP contribution >= 0.6 is 0 Å². The summed E-state index contributed by atoms with van der Waals surface area (Å²) in [5, 5.41) is 2.93. The van der Waals surface area contributed by atoms with Crippen LogP contribution < -0.4 is 5.32 Å². The molecule has 5 nitrogen and oxygen atoms in total. The van der Waals surface area contributed by atoms with Crippen molar-refractivity contribution in [1.82, 2.24) is 9.80 Å². The van der Waals surface area contributed by atoms with Crippen LogP contribution in [0.3, 0.4) is 0 Å². The summed E-state index contributed by atoms with van der Waals surface area (Å²) in [5.74, 6) is 0.435. The van der Waals surface area contributed by atoms with Crippen LogP contribution in [0.15, 0.2) is 24.3 Å². The van der Waals surface area contributed by atoms with Crippen molar-refractivity contribution >= 4 is 17.6 Å². The van der Waals surface area contributed by atoms with Crippen LogP contribution in [0.5, 0.6) is 0 Å². The quantitative estimate of drug-likeness (QED) is 0.892. The molecule has 5 heteroatoms. The second-order valence-electron chi connectivity index (χ2n) is 6.78. The molecule has 0 bridgehead atoms. The highest BCUT2D eigenvalue weighted by molar-refractivity contribution is 5.97. The Morgan fingerprint density at radius 1 is 1.21 bits per heavy atom. The number of carbonyl (C=O) groups excluding carboxylic acids is 2. The summed E-state index contributed by atoms with van der Waals surface area (Å²) < 4.78 is 0. The normalized spacial score (nSPS) is 15.5. The van der Waals surface area contributed by atoms with Gasteiger partial charge in [0.05, 0.1) is 0 Å². The van der Waals surface area contributed by atoms with Crippen molar-refractivity contribution in [2.45, 2.75) is 46.6 Å². The Kier molecular flexibility index (Phi) is 6.23. The minimum atomic E-state index is -0.121. The fourth-order valence-corrected chi connectivity index (χ4v) is 3.00. The molecule has 2 rings (SSSR count). The van der Waals surface area contributed by atoms with Crippen LogP contribution in [-0.4, -0.2) is 47.4 Å². The zero-order valence-corrected chi connectivity index (χ0v) is 15.2. The van der Waals surface area contributed by atoms with Gasteiger partial charge in [0, 0.05) is 36.9 Å². The van der Waals surface area contributed by atoms with E-state index in [-0.39, 0.29) is 18.0 Å². The monoisotopic (exact) mass is 331 g/mol. The molecular formula is C19H29N3O2. The standard InChI is InChI=1S/C19H29N3O2/c1-5-22(15(4)14(2)3)19(24)20-17-10-8-9-16(13-17)18(23)21-11-6-7-12-21/h8-10,13-15H,5-7,11-12H2,1-4H3,(H,20,24)/t15-/m1/s1. The Balaban J connectivity index is 2.08. The van der Waals surface area contributed by atoms with Crippen LogP contribution in [0.1, 0.15) is 50.9 Å². The van der Waals surface area contributed by atoms with Crippen molar-refractivity contribution in [3.63, 3.8) is 0 Å². The Morgan fingerprint density at radius 2 is 1.88 bits per heavy atom. The highest BCUT2D eigenvalue weighted by Crippen LogP contribution is 2.18. The summed E-state index contributed by atoms with van der Waals surface area (Å²) in [6.45, 7) is 10.5. The predicted molar refractivity (Wildman–Crippen MR) is 97.3 cm³/mol. The molecule has 3 amide bonds. The zero-order valence-electron chi connectivity index (χ0n) is 15.2. The van der Waals surface area contributed by atoms with Gasteiger partial charge in [-0.1, -0.05) is 19.9 Å². The van der Waals surface area contributed by atoms with E-state index in [2.05, 4.69) is 26.1 Å². The lowest BCUT2D eigenvalue weighted by Crippen LogP contribution is -2.43. The van der Waals surface area contributed by atoms with E-state index in [4.69, 9.17) is 0 Å². The van der Waals surface area contributed by atoms with Crippen molar-refractivity contribution in [3.05, 3.63) is 29.8 Å². The summed E-state index contributed by atoms with van der Waals surface area (Å²) >= 11 is 0. The van der Waals surface area contributed by atoms with Crippen molar-refractivity contribution in [1.29, 1.82) is 0 Å². The van der Waals surface area contributed by atoms with E-state index in [1.54, 1.807) is 6.07 Å². The minimum Gasteiger partial charge on any atom is -0.339 e. The minimum absolute atomic E-state index is 0.0477. The van der Waals surface area contributed by atoms with Gasteiger partial charge < -0.3 is 15.1 Å². The third-order valence-electron chi connectivity index (χ3n) is 4.81. The van der Waals surface area contributed by atoms with Gasteiger partial charge in [-0.15, -0.1) is 0 Å². The lowest BCUT2D eigenvalue weighted by molar-refractivity contribution is 0.0793. The number of amides is 3. The summed E-state index contributed by atoms with van der Waals surface area (Å²) in [6, 6.07) is 7.26. The number of rotatable bonds is 5. The molecule has 1 aromatic carbocycles. The maximum absolute atomic E-state index is 12.5. The van der Waals surface area contributed by atoms with Gasteiger partial charge in [0.15, 0.2) is 0 Å². The fraction of sp³-hybridized carbons (Fsp3) is 0.579. The third-order valence-corrected chi connectivity index (χ3v) is 4.81. The first-order valence-corrected chi connectivity index (χ1v) is 8.91. The van der Waals surface area contributed by atoms with Crippen LogP contribution in [0.4, 0.5) is 10.5 Å². The number of anilines is 1. The van der Waals surface area contributed by atoms with Crippen LogP contribution in [0, 0.1) is 5.92 Å². The van der Waals surface area contributed by atoms with E-state index in [9.17, 15) is 9.59 Å². The average molecular weight is 331 g/mol. The van der Waals surface area contributed by atoms with Gasteiger partial charge in [-0.05, 0) is 50.8 Å². The molecule has 1 aliphatic heterocycles. The molecule has 0 aromatic heterocycles. The maximum Gasteiger partial charge on any atom is 0.322 e. The topological polar surface area (TPSA) is 52.7 Å². The van der Waals surface area contributed by atoms with Gasteiger partial charge >= 0.3 is 6.03 Å². The fourth-order valence-electron chi connectivity index (χ4n) is 3.00. The van der Waals surface area contributed by atoms with Gasteiger partial charge in [0.1, 0.15) is 0 Å². The number of hydrogen-bond donors (Lipinski definition) is 1. The molecule has 1 aliphatic rings. The smallest absolute Gasteiger partial charge is 0.322 e. The molecule has 132 valence electrons.